The number of amides is 2. The number of thiazole rings is 1. The van der Waals surface area contributed by atoms with Gasteiger partial charge in [-0.1, -0.05) is 18.2 Å². The van der Waals surface area contributed by atoms with E-state index in [-0.39, 0.29) is 23.7 Å². The Hall–Kier alpha value is -3.82. The molecule has 0 spiro atoms. The van der Waals surface area contributed by atoms with E-state index in [9.17, 15) is 9.59 Å². The number of anilines is 2. The third-order valence-corrected chi connectivity index (χ3v) is 7.00. The van der Waals surface area contributed by atoms with Gasteiger partial charge in [0.2, 0.25) is 5.91 Å². The zero-order valence-corrected chi connectivity index (χ0v) is 22.1. The van der Waals surface area contributed by atoms with Crippen molar-refractivity contribution in [3.63, 3.8) is 0 Å². The summed E-state index contributed by atoms with van der Waals surface area (Å²) in [7, 11) is 0. The van der Waals surface area contributed by atoms with Crippen molar-refractivity contribution in [3.05, 3.63) is 84.2 Å². The fraction of sp³-hybridized carbons (Fsp3) is 0.179. The molecule has 7 nitrogen and oxygen atoms in total. The monoisotopic (exact) mass is 533 g/mol. The van der Waals surface area contributed by atoms with Crippen molar-refractivity contribution in [3.8, 4) is 22.8 Å². The Morgan fingerprint density at radius 2 is 1.62 bits per heavy atom. The molecule has 9 heteroatoms. The van der Waals surface area contributed by atoms with Gasteiger partial charge in [-0.3, -0.25) is 9.59 Å². The molecule has 0 bridgehead atoms. The topological polar surface area (TPSA) is 89.6 Å². The first-order valence-electron chi connectivity index (χ1n) is 11.7. The molecule has 1 aromatic heterocycles. The number of hydrogen-bond donors (Lipinski definition) is 2. The molecule has 1 heterocycles. The average Bonchev–Trinajstić information content (AvgIpc) is 3.38. The SMILES string of the molecule is CCOc1ccc(-c2csc(NC(=O)C(C)Sc3ccc(NC(=O)COc4ccccc4)cc3)n2)cc1. The van der Waals surface area contributed by atoms with Gasteiger partial charge in [0.15, 0.2) is 11.7 Å². The highest BCUT2D eigenvalue weighted by Crippen LogP contribution is 2.29. The van der Waals surface area contributed by atoms with Crippen molar-refractivity contribution in [1.82, 2.24) is 4.98 Å². The van der Waals surface area contributed by atoms with Crippen LogP contribution in [0.2, 0.25) is 0 Å². The second-order valence-corrected chi connectivity index (χ2v) is 10.2. The summed E-state index contributed by atoms with van der Waals surface area (Å²) in [6.07, 6.45) is 0. The molecule has 0 aliphatic rings. The van der Waals surface area contributed by atoms with Crippen LogP contribution >= 0.6 is 23.1 Å². The number of rotatable bonds is 11. The Morgan fingerprint density at radius 3 is 2.32 bits per heavy atom. The van der Waals surface area contributed by atoms with Crippen molar-refractivity contribution in [2.45, 2.75) is 24.0 Å². The number of thioether (sulfide) groups is 1. The largest absolute Gasteiger partial charge is 0.494 e. The van der Waals surface area contributed by atoms with Crippen LogP contribution in [0.4, 0.5) is 10.8 Å². The first-order chi connectivity index (χ1) is 18.0. The van der Waals surface area contributed by atoms with Gasteiger partial charge in [-0.2, -0.15) is 0 Å². The molecular weight excluding hydrogens is 506 g/mol. The normalized spacial score (nSPS) is 11.4. The molecule has 0 saturated carbocycles. The summed E-state index contributed by atoms with van der Waals surface area (Å²) in [5, 5.41) is 7.84. The molecule has 4 rings (SSSR count). The predicted octanol–water partition coefficient (Wildman–Crippen LogP) is 6.35. The van der Waals surface area contributed by atoms with E-state index in [0.717, 1.165) is 21.9 Å². The lowest BCUT2D eigenvalue weighted by Gasteiger charge is -2.11. The molecule has 0 aliphatic carbocycles. The van der Waals surface area contributed by atoms with E-state index in [1.54, 1.807) is 24.3 Å². The van der Waals surface area contributed by atoms with Gasteiger partial charge >= 0.3 is 0 Å². The molecule has 1 unspecified atom stereocenters. The lowest BCUT2D eigenvalue weighted by molar-refractivity contribution is -0.118. The van der Waals surface area contributed by atoms with Crippen molar-refractivity contribution >= 4 is 45.7 Å². The van der Waals surface area contributed by atoms with Gasteiger partial charge < -0.3 is 20.1 Å². The van der Waals surface area contributed by atoms with E-state index in [1.165, 1.54) is 23.1 Å². The number of carbonyl (C=O) groups excluding carboxylic acids is 2. The second-order valence-electron chi connectivity index (χ2n) is 7.92. The first kappa shape index (κ1) is 26.2. The third-order valence-electron chi connectivity index (χ3n) is 5.13. The number of nitrogens with zero attached hydrogens (tertiary/aromatic N) is 1. The zero-order chi connectivity index (χ0) is 26.0. The minimum absolute atomic E-state index is 0.0746. The fourth-order valence-electron chi connectivity index (χ4n) is 3.30. The molecule has 190 valence electrons. The highest BCUT2D eigenvalue weighted by Gasteiger charge is 2.17. The van der Waals surface area contributed by atoms with Gasteiger partial charge in [0.05, 0.1) is 17.6 Å². The Kier molecular flexibility index (Phi) is 9.18. The summed E-state index contributed by atoms with van der Waals surface area (Å²) in [5.74, 6) is 1.08. The minimum atomic E-state index is -0.336. The maximum atomic E-state index is 12.7. The lowest BCUT2D eigenvalue weighted by Crippen LogP contribution is -2.22. The molecule has 0 aliphatic heterocycles. The number of aromatic nitrogens is 1. The summed E-state index contributed by atoms with van der Waals surface area (Å²) in [6.45, 7) is 4.34. The van der Waals surface area contributed by atoms with Crippen LogP contribution in [-0.2, 0) is 9.59 Å². The van der Waals surface area contributed by atoms with Crippen LogP contribution in [-0.4, -0.2) is 35.3 Å². The number of carbonyl (C=O) groups is 2. The maximum Gasteiger partial charge on any atom is 0.262 e. The van der Waals surface area contributed by atoms with Crippen LogP contribution in [0.15, 0.2) is 89.1 Å². The second kappa shape index (κ2) is 12.9. The Balaban J connectivity index is 1.25. The Morgan fingerprint density at radius 1 is 0.919 bits per heavy atom. The molecule has 37 heavy (non-hydrogen) atoms. The third kappa shape index (κ3) is 7.83. The summed E-state index contributed by atoms with van der Waals surface area (Å²) >= 11 is 2.82. The maximum absolute atomic E-state index is 12.7. The van der Waals surface area contributed by atoms with E-state index in [2.05, 4.69) is 15.6 Å². The molecule has 0 saturated heterocycles. The van der Waals surface area contributed by atoms with Crippen LogP contribution < -0.4 is 20.1 Å². The minimum Gasteiger partial charge on any atom is -0.494 e. The summed E-state index contributed by atoms with van der Waals surface area (Å²) < 4.78 is 10.9. The van der Waals surface area contributed by atoms with Crippen LogP contribution in [0.1, 0.15) is 13.8 Å². The van der Waals surface area contributed by atoms with Crippen molar-refractivity contribution < 1.29 is 19.1 Å². The highest BCUT2D eigenvalue weighted by molar-refractivity contribution is 8.00. The van der Waals surface area contributed by atoms with E-state index in [1.807, 2.05) is 73.8 Å². The van der Waals surface area contributed by atoms with Gasteiger partial charge in [-0.15, -0.1) is 23.1 Å². The summed E-state index contributed by atoms with van der Waals surface area (Å²) in [5.41, 5.74) is 2.42. The van der Waals surface area contributed by atoms with Gasteiger partial charge in [0, 0.05) is 21.5 Å². The number of para-hydroxylation sites is 1. The number of ether oxygens (including phenoxy) is 2. The van der Waals surface area contributed by atoms with Gasteiger partial charge in [0.1, 0.15) is 11.5 Å². The zero-order valence-electron chi connectivity index (χ0n) is 20.5. The van der Waals surface area contributed by atoms with E-state index in [0.29, 0.717) is 23.2 Å². The van der Waals surface area contributed by atoms with Crippen LogP contribution in [0.25, 0.3) is 11.3 Å². The first-order valence-corrected chi connectivity index (χ1v) is 13.5. The molecule has 0 radical (unpaired) electrons. The molecule has 4 aromatic rings. The lowest BCUT2D eigenvalue weighted by atomic mass is 10.2. The highest BCUT2D eigenvalue weighted by atomic mass is 32.2. The number of nitrogens with one attached hydrogen (secondary N) is 2. The smallest absolute Gasteiger partial charge is 0.262 e. The predicted molar refractivity (Wildman–Crippen MR) is 150 cm³/mol. The van der Waals surface area contributed by atoms with Crippen LogP contribution in [0.3, 0.4) is 0 Å². The van der Waals surface area contributed by atoms with Crippen molar-refractivity contribution in [2.75, 3.05) is 23.8 Å². The van der Waals surface area contributed by atoms with Crippen LogP contribution in [0.5, 0.6) is 11.5 Å². The van der Waals surface area contributed by atoms with E-state index >= 15 is 0 Å². The Bertz CT molecular complexity index is 1310. The molecular formula is C28H27N3O4S2. The molecule has 3 aromatic carbocycles. The summed E-state index contributed by atoms with van der Waals surface area (Å²) in [4.78, 5) is 30.3. The molecule has 2 amide bonds. The van der Waals surface area contributed by atoms with Gasteiger partial charge in [0.25, 0.3) is 5.91 Å². The van der Waals surface area contributed by atoms with Gasteiger partial charge in [-0.25, -0.2) is 4.98 Å². The summed E-state index contributed by atoms with van der Waals surface area (Å²) in [6, 6.07) is 24.2. The molecule has 0 fully saturated rings. The standard InChI is InChI=1S/C28H27N3O4S2/c1-3-34-23-13-9-20(10-14-23)25-18-36-28(30-25)31-27(33)19(2)37-24-15-11-21(12-16-24)29-26(32)17-35-22-7-5-4-6-8-22/h4-16,18-19H,3,17H2,1-2H3,(H,29,32)(H,30,31,33). The van der Waals surface area contributed by atoms with Crippen molar-refractivity contribution in [1.29, 1.82) is 0 Å². The number of benzene rings is 3. The fourth-order valence-corrected chi connectivity index (χ4v) is 4.89. The molecule has 2 N–H and O–H groups in total. The Labute approximate surface area is 224 Å². The van der Waals surface area contributed by atoms with Crippen molar-refractivity contribution in [2.24, 2.45) is 0 Å². The van der Waals surface area contributed by atoms with Crippen LogP contribution in [0, 0.1) is 0 Å². The quantitative estimate of drug-likeness (QED) is 0.219. The van der Waals surface area contributed by atoms with E-state index in [4.69, 9.17) is 9.47 Å². The molecule has 1 atom stereocenters. The average molecular weight is 534 g/mol. The van der Waals surface area contributed by atoms with Gasteiger partial charge in [-0.05, 0) is 74.5 Å². The number of hydrogen-bond acceptors (Lipinski definition) is 7. The van der Waals surface area contributed by atoms with E-state index < -0.39 is 0 Å².